The topological polar surface area (TPSA) is 71.1 Å². The Morgan fingerprint density at radius 3 is 3.00 bits per heavy atom. The summed E-state index contributed by atoms with van der Waals surface area (Å²) in [5, 5.41) is 15.4. The average Bonchev–Trinajstić information content (AvgIpc) is 2.67. The molecule has 0 aliphatic rings. The van der Waals surface area contributed by atoms with E-state index in [1.807, 2.05) is 13.0 Å². The van der Waals surface area contributed by atoms with Gasteiger partial charge in [0.2, 0.25) is 5.52 Å². The van der Waals surface area contributed by atoms with E-state index in [0.29, 0.717) is 15.9 Å². The van der Waals surface area contributed by atoms with Crippen LogP contribution in [0.4, 0.5) is 0 Å². The maximum atomic E-state index is 11.5. The van der Waals surface area contributed by atoms with Gasteiger partial charge in [-0.15, -0.1) is 9.53 Å². The predicted molar refractivity (Wildman–Crippen MR) is 60.0 cm³/mol. The highest BCUT2D eigenvalue weighted by atomic mass is 16.5. The third-order valence-electron chi connectivity index (χ3n) is 2.62. The van der Waals surface area contributed by atoms with Gasteiger partial charge >= 0.3 is 5.97 Å². The van der Waals surface area contributed by atoms with Gasteiger partial charge in [0.15, 0.2) is 5.52 Å². The van der Waals surface area contributed by atoms with Gasteiger partial charge in [-0.2, -0.15) is 0 Å². The maximum absolute atomic E-state index is 11.5. The maximum Gasteiger partial charge on any atom is 0.309 e. The van der Waals surface area contributed by atoms with Gasteiger partial charge in [0, 0.05) is 0 Å². The number of carbonyl (C=O) groups is 1. The van der Waals surface area contributed by atoms with Crippen LogP contribution in [0.5, 0.6) is 0 Å². The molecule has 1 atom stereocenters. The number of methoxy groups -OCH3 is 1. The average molecular weight is 235 g/mol. The molecule has 0 N–H and O–H groups in total. The summed E-state index contributed by atoms with van der Waals surface area (Å²) in [5.74, 6) is -0.325. The fourth-order valence-corrected chi connectivity index (χ4v) is 1.74. The minimum atomic E-state index is -0.325. The Kier molecular flexibility index (Phi) is 2.95. The van der Waals surface area contributed by atoms with Crippen LogP contribution in [-0.2, 0) is 9.53 Å². The lowest BCUT2D eigenvalue weighted by Gasteiger charge is -2.04. The van der Waals surface area contributed by atoms with Gasteiger partial charge in [0.25, 0.3) is 0 Å². The molecule has 0 bridgehead atoms. The molecule has 0 saturated carbocycles. The number of benzene rings is 1. The molecule has 2 aromatic rings. The Labute approximate surface area is 98.0 Å². The number of aromatic nitrogens is 3. The lowest BCUT2D eigenvalue weighted by molar-refractivity contribution is -0.646. The van der Waals surface area contributed by atoms with Crippen molar-refractivity contribution in [1.82, 2.24) is 9.90 Å². The smallest absolute Gasteiger partial charge is 0.309 e. The van der Waals surface area contributed by atoms with E-state index in [1.54, 1.807) is 22.9 Å². The number of carbonyl (C=O) groups excluding carboxylic acids is 1. The van der Waals surface area contributed by atoms with Gasteiger partial charge < -0.3 is 9.94 Å². The number of hydrogen-bond acceptors (Lipinski definition) is 4. The van der Waals surface area contributed by atoms with E-state index in [0.717, 1.165) is 0 Å². The second kappa shape index (κ2) is 4.40. The first-order valence-corrected chi connectivity index (χ1v) is 5.27. The summed E-state index contributed by atoms with van der Waals surface area (Å²) >= 11 is 0. The van der Waals surface area contributed by atoms with Gasteiger partial charge in [-0.25, -0.2) is 0 Å². The van der Waals surface area contributed by atoms with Crippen LogP contribution in [0.1, 0.15) is 19.4 Å². The second-order valence-corrected chi connectivity index (χ2v) is 3.82. The summed E-state index contributed by atoms with van der Waals surface area (Å²) < 4.78 is 6.14. The van der Waals surface area contributed by atoms with Crippen molar-refractivity contribution in [1.29, 1.82) is 0 Å². The molecule has 0 aliphatic carbocycles. The molecular weight excluding hydrogens is 222 g/mol. The fourth-order valence-electron chi connectivity index (χ4n) is 1.74. The first kappa shape index (κ1) is 11.4. The summed E-state index contributed by atoms with van der Waals surface area (Å²) in [6.45, 7) is 1.82. The Balaban J connectivity index is 2.38. The molecule has 0 aliphatic heterocycles. The minimum Gasteiger partial charge on any atom is -0.691 e. The Bertz CT molecular complexity index is 550. The molecule has 90 valence electrons. The lowest BCUT2D eigenvalue weighted by atomic mass is 10.2. The van der Waals surface area contributed by atoms with E-state index in [4.69, 9.17) is 0 Å². The van der Waals surface area contributed by atoms with Gasteiger partial charge in [-0.05, 0) is 19.1 Å². The number of ether oxygens (including phenoxy) is 1. The zero-order valence-corrected chi connectivity index (χ0v) is 9.66. The number of fused-ring (bicyclic) bond motifs is 1. The first-order chi connectivity index (χ1) is 8.13. The molecule has 0 fully saturated rings. The van der Waals surface area contributed by atoms with Crippen molar-refractivity contribution in [3.8, 4) is 0 Å². The van der Waals surface area contributed by atoms with E-state index >= 15 is 0 Å². The molecule has 6 nitrogen and oxygen atoms in total. The molecule has 1 heterocycles. The van der Waals surface area contributed by atoms with Crippen molar-refractivity contribution >= 4 is 17.0 Å². The van der Waals surface area contributed by atoms with Crippen molar-refractivity contribution in [2.75, 3.05) is 7.11 Å². The molecule has 2 rings (SSSR count). The number of esters is 1. The minimum absolute atomic E-state index is 0.183. The molecule has 17 heavy (non-hydrogen) atoms. The normalized spacial score (nSPS) is 12.6. The Morgan fingerprint density at radius 2 is 2.29 bits per heavy atom. The summed E-state index contributed by atoms with van der Waals surface area (Å²) in [6, 6.07) is 6.86. The van der Waals surface area contributed by atoms with Crippen molar-refractivity contribution in [2.24, 2.45) is 0 Å². The number of nitrogens with zero attached hydrogens (tertiary/aromatic N) is 3. The van der Waals surface area contributed by atoms with E-state index in [9.17, 15) is 10.0 Å². The van der Waals surface area contributed by atoms with Crippen LogP contribution in [0.15, 0.2) is 24.3 Å². The third-order valence-corrected chi connectivity index (χ3v) is 2.62. The Morgan fingerprint density at radius 1 is 1.59 bits per heavy atom. The van der Waals surface area contributed by atoms with E-state index < -0.39 is 0 Å². The largest absolute Gasteiger partial charge is 0.691 e. The molecule has 0 saturated heterocycles. The summed E-state index contributed by atoms with van der Waals surface area (Å²) in [6.07, 6.45) is 0.183. The summed E-state index contributed by atoms with van der Waals surface area (Å²) in [4.78, 5) is 11.7. The highest BCUT2D eigenvalue weighted by Gasteiger charge is 2.22. The quantitative estimate of drug-likeness (QED) is 0.448. The van der Waals surface area contributed by atoms with Crippen LogP contribution in [0.25, 0.3) is 11.0 Å². The van der Waals surface area contributed by atoms with Crippen molar-refractivity contribution < 1.29 is 14.4 Å². The van der Waals surface area contributed by atoms with Gasteiger partial charge in [-0.3, -0.25) is 4.79 Å². The zero-order valence-electron chi connectivity index (χ0n) is 9.66. The van der Waals surface area contributed by atoms with Crippen LogP contribution < -0.4 is 4.85 Å². The molecular formula is C11H13N3O3. The number of rotatable bonds is 3. The van der Waals surface area contributed by atoms with Crippen LogP contribution in [0, 0.1) is 5.21 Å². The van der Waals surface area contributed by atoms with E-state index in [-0.39, 0.29) is 18.4 Å². The SMILES string of the molecule is COC(=O)CC(C)n1n[n+]([O-])c2ccccc21. The van der Waals surface area contributed by atoms with E-state index in [2.05, 4.69) is 9.95 Å². The number of hydrogen-bond donors (Lipinski definition) is 0. The standard InChI is InChI=1S/C11H13N3O3/c1-8(7-11(15)17-2)13-9-5-3-4-6-10(9)14(16)12-13/h3-6,8H,7H2,1-2H3. The molecule has 0 spiro atoms. The second-order valence-electron chi connectivity index (χ2n) is 3.82. The van der Waals surface area contributed by atoms with Gasteiger partial charge in [0.1, 0.15) is 6.04 Å². The van der Waals surface area contributed by atoms with Crippen molar-refractivity contribution in [3.63, 3.8) is 0 Å². The van der Waals surface area contributed by atoms with Crippen LogP contribution in [-0.4, -0.2) is 23.0 Å². The zero-order chi connectivity index (χ0) is 12.4. The Hall–Kier alpha value is -2.11. The predicted octanol–water partition coefficient (Wildman–Crippen LogP) is 0.794. The van der Waals surface area contributed by atoms with E-state index in [1.165, 1.54) is 7.11 Å². The van der Waals surface area contributed by atoms with Crippen LogP contribution >= 0.6 is 0 Å². The molecule has 1 aromatic heterocycles. The highest BCUT2D eigenvalue weighted by Crippen LogP contribution is 2.16. The molecule has 1 unspecified atom stereocenters. The number of para-hydroxylation sites is 2. The van der Waals surface area contributed by atoms with Gasteiger partial charge in [0.05, 0.1) is 18.7 Å². The summed E-state index contributed by atoms with van der Waals surface area (Å²) in [5.41, 5.74) is 1.20. The molecule has 1 aromatic carbocycles. The highest BCUT2D eigenvalue weighted by molar-refractivity contribution is 5.72. The van der Waals surface area contributed by atoms with Crippen LogP contribution in [0.3, 0.4) is 0 Å². The van der Waals surface area contributed by atoms with Crippen LogP contribution in [0.2, 0.25) is 0 Å². The molecule has 0 amide bonds. The van der Waals surface area contributed by atoms with Crippen molar-refractivity contribution in [2.45, 2.75) is 19.4 Å². The summed E-state index contributed by atoms with van der Waals surface area (Å²) in [7, 11) is 1.34. The van der Waals surface area contributed by atoms with Gasteiger partial charge in [-0.1, -0.05) is 12.1 Å². The van der Waals surface area contributed by atoms with Crippen molar-refractivity contribution in [3.05, 3.63) is 29.5 Å². The first-order valence-electron chi connectivity index (χ1n) is 5.27. The third kappa shape index (κ3) is 2.06. The fraction of sp³-hybridized carbons (Fsp3) is 0.364. The molecule has 0 radical (unpaired) electrons. The lowest BCUT2D eigenvalue weighted by Crippen LogP contribution is -2.30. The monoisotopic (exact) mass is 235 g/mol. The molecule has 6 heteroatoms.